The van der Waals surface area contributed by atoms with Gasteiger partial charge in [-0.1, -0.05) is 35.9 Å². The van der Waals surface area contributed by atoms with Gasteiger partial charge in [0.25, 0.3) is 0 Å². The van der Waals surface area contributed by atoms with E-state index in [1.807, 2.05) is 12.1 Å². The van der Waals surface area contributed by atoms with Gasteiger partial charge in [0, 0.05) is 24.7 Å². The molecule has 1 aromatic heterocycles. The van der Waals surface area contributed by atoms with Crippen LogP contribution < -0.4 is 11.1 Å². The summed E-state index contributed by atoms with van der Waals surface area (Å²) in [5.41, 5.74) is 8.98. The van der Waals surface area contributed by atoms with Gasteiger partial charge in [0.1, 0.15) is 5.82 Å². The molecule has 0 spiro atoms. The molecule has 1 heterocycles. The highest BCUT2D eigenvalue weighted by atomic mass is 16.1. The van der Waals surface area contributed by atoms with E-state index in [-0.39, 0.29) is 5.91 Å². The summed E-state index contributed by atoms with van der Waals surface area (Å²) in [6, 6.07) is 12.1. The van der Waals surface area contributed by atoms with Crippen LogP contribution in [0.2, 0.25) is 0 Å². The summed E-state index contributed by atoms with van der Waals surface area (Å²) in [5, 5.41) is 2.83. The second-order valence-corrected chi connectivity index (χ2v) is 5.10. The van der Waals surface area contributed by atoms with Gasteiger partial charge in [0.2, 0.25) is 5.91 Å². The molecule has 2 rings (SSSR count). The molecule has 0 radical (unpaired) electrons. The molecular formula is C17H21N3O. The Morgan fingerprint density at radius 1 is 1.24 bits per heavy atom. The van der Waals surface area contributed by atoms with E-state index in [1.54, 1.807) is 6.20 Å². The molecule has 0 fully saturated rings. The molecule has 0 bridgehead atoms. The number of pyridine rings is 1. The van der Waals surface area contributed by atoms with Crippen LogP contribution in [0.1, 0.15) is 29.5 Å². The van der Waals surface area contributed by atoms with Crippen molar-refractivity contribution >= 4 is 11.7 Å². The van der Waals surface area contributed by atoms with Gasteiger partial charge in [-0.2, -0.15) is 0 Å². The number of amides is 1. The van der Waals surface area contributed by atoms with Crippen molar-refractivity contribution in [3.63, 3.8) is 0 Å². The summed E-state index contributed by atoms with van der Waals surface area (Å²) >= 11 is 0. The minimum atomic E-state index is -0.0180. The Bertz CT molecular complexity index is 593. The maximum Gasteiger partial charge on any atom is 0.225 e. The molecule has 0 atom stereocenters. The molecule has 3 N–H and O–H groups in total. The molecule has 1 amide bonds. The maximum atomic E-state index is 11.9. The number of nitrogens with two attached hydrogens (primary N) is 1. The average molecular weight is 283 g/mol. The van der Waals surface area contributed by atoms with Crippen LogP contribution in [0.5, 0.6) is 0 Å². The lowest BCUT2D eigenvalue weighted by atomic mass is 10.1. The van der Waals surface area contributed by atoms with Crippen molar-refractivity contribution in [2.75, 3.05) is 5.32 Å². The SMILES string of the molecule is Cc1ccc(CCCC(=O)Nc2ncccc2CN)cc1. The first-order valence-corrected chi connectivity index (χ1v) is 7.18. The highest BCUT2D eigenvalue weighted by Crippen LogP contribution is 2.12. The van der Waals surface area contributed by atoms with Gasteiger partial charge in [-0.15, -0.1) is 0 Å². The minimum Gasteiger partial charge on any atom is -0.326 e. The van der Waals surface area contributed by atoms with Crippen LogP contribution in [0.4, 0.5) is 5.82 Å². The minimum absolute atomic E-state index is 0.0180. The Labute approximate surface area is 125 Å². The van der Waals surface area contributed by atoms with Crippen LogP contribution in [-0.2, 0) is 17.8 Å². The molecule has 0 aliphatic rings. The van der Waals surface area contributed by atoms with Crippen LogP contribution in [0, 0.1) is 6.92 Å². The Morgan fingerprint density at radius 3 is 2.71 bits per heavy atom. The molecule has 2 aromatic rings. The van der Waals surface area contributed by atoms with E-state index in [2.05, 4.69) is 41.5 Å². The third kappa shape index (κ3) is 4.68. The van der Waals surface area contributed by atoms with Crippen molar-refractivity contribution < 1.29 is 4.79 Å². The largest absolute Gasteiger partial charge is 0.326 e. The third-order valence-electron chi connectivity index (χ3n) is 3.36. The van der Waals surface area contributed by atoms with E-state index < -0.39 is 0 Å². The molecule has 21 heavy (non-hydrogen) atoms. The molecule has 0 aliphatic heterocycles. The summed E-state index contributed by atoms with van der Waals surface area (Å²) in [6.45, 7) is 2.44. The second-order valence-electron chi connectivity index (χ2n) is 5.10. The number of aryl methyl sites for hydroxylation is 2. The van der Waals surface area contributed by atoms with Crippen molar-refractivity contribution in [1.82, 2.24) is 4.98 Å². The number of hydrogen-bond donors (Lipinski definition) is 2. The number of carbonyl (C=O) groups is 1. The van der Waals surface area contributed by atoms with E-state index in [0.717, 1.165) is 18.4 Å². The Kier molecular flexibility index (Phi) is 5.46. The molecule has 0 saturated heterocycles. The first-order chi connectivity index (χ1) is 10.2. The zero-order valence-corrected chi connectivity index (χ0v) is 12.3. The third-order valence-corrected chi connectivity index (χ3v) is 3.36. The van der Waals surface area contributed by atoms with Crippen LogP contribution in [0.25, 0.3) is 0 Å². The number of aromatic nitrogens is 1. The van der Waals surface area contributed by atoms with Crippen molar-refractivity contribution in [3.05, 3.63) is 59.3 Å². The van der Waals surface area contributed by atoms with Crippen LogP contribution in [0.15, 0.2) is 42.6 Å². The summed E-state index contributed by atoms with van der Waals surface area (Å²) in [6.07, 6.45) is 3.86. The zero-order valence-electron chi connectivity index (χ0n) is 12.3. The predicted octanol–water partition coefficient (Wildman–Crippen LogP) is 2.81. The molecule has 4 nitrogen and oxygen atoms in total. The zero-order chi connectivity index (χ0) is 15.1. The Hall–Kier alpha value is -2.20. The fourth-order valence-electron chi connectivity index (χ4n) is 2.12. The second kappa shape index (κ2) is 7.55. The lowest BCUT2D eigenvalue weighted by molar-refractivity contribution is -0.116. The highest BCUT2D eigenvalue weighted by molar-refractivity contribution is 5.90. The van der Waals surface area contributed by atoms with E-state index >= 15 is 0 Å². The molecule has 0 saturated carbocycles. The molecule has 1 aromatic carbocycles. The number of carbonyl (C=O) groups excluding carboxylic acids is 1. The van der Waals surface area contributed by atoms with Crippen molar-refractivity contribution in [2.24, 2.45) is 5.73 Å². The molecule has 0 unspecified atom stereocenters. The molecule has 110 valence electrons. The molecular weight excluding hydrogens is 262 g/mol. The monoisotopic (exact) mass is 283 g/mol. The van der Waals surface area contributed by atoms with E-state index in [0.29, 0.717) is 18.8 Å². The summed E-state index contributed by atoms with van der Waals surface area (Å²) in [5.74, 6) is 0.552. The van der Waals surface area contributed by atoms with Gasteiger partial charge in [0.15, 0.2) is 0 Å². The van der Waals surface area contributed by atoms with Crippen LogP contribution >= 0.6 is 0 Å². The normalized spacial score (nSPS) is 10.4. The van der Waals surface area contributed by atoms with E-state index in [1.165, 1.54) is 11.1 Å². The smallest absolute Gasteiger partial charge is 0.225 e. The number of anilines is 1. The van der Waals surface area contributed by atoms with Gasteiger partial charge in [-0.25, -0.2) is 4.98 Å². The lowest BCUT2D eigenvalue weighted by Crippen LogP contribution is -2.15. The first-order valence-electron chi connectivity index (χ1n) is 7.18. The van der Waals surface area contributed by atoms with Crippen molar-refractivity contribution in [1.29, 1.82) is 0 Å². The summed E-state index contributed by atoms with van der Waals surface area (Å²) < 4.78 is 0. The van der Waals surface area contributed by atoms with Gasteiger partial charge in [0.05, 0.1) is 0 Å². The number of nitrogens with one attached hydrogen (secondary N) is 1. The number of rotatable bonds is 6. The predicted molar refractivity (Wildman–Crippen MR) is 84.9 cm³/mol. The van der Waals surface area contributed by atoms with Crippen LogP contribution in [0.3, 0.4) is 0 Å². The average Bonchev–Trinajstić information content (AvgIpc) is 2.50. The van der Waals surface area contributed by atoms with Gasteiger partial charge in [-0.3, -0.25) is 4.79 Å². The van der Waals surface area contributed by atoms with E-state index in [4.69, 9.17) is 5.73 Å². The van der Waals surface area contributed by atoms with Crippen molar-refractivity contribution in [3.8, 4) is 0 Å². The number of nitrogens with zero attached hydrogens (tertiary/aromatic N) is 1. The fraction of sp³-hybridized carbons (Fsp3) is 0.294. The van der Waals surface area contributed by atoms with Gasteiger partial charge in [-0.05, 0) is 31.4 Å². The standard InChI is InChI=1S/C17H21N3O/c1-13-7-9-14(10-8-13)4-2-6-16(21)20-17-15(12-18)5-3-11-19-17/h3,5,7-11H,2,4,6,12,18H2,1H3,(H,19,20,21). The highest BCUT2D eigenvalue weighted by Gasteiger charge is 2.06. The molecule has 4 heteroatoms. The Balaban J connectivity index is 1.81. The first kappa shape index (κ1) is 15.2. The molecule has 0 aliphatic carbocycles. The van der Waals surface area contributed by atoms with E-state index in [9.17, 15) is 4.79 Å². The summed E-state index contributed by atoms with van der Waals surface area (Å²) in [4.78, 5) is 16.1. The summed E-state index contributed by atoms with van der Waals surface area (Å²) in [7, 11) is 0. The topological polar surface area (TPSA) is 68.0 Å². The Morgan fingerprint density at radius 2 is 2.00 bits per heavy atom. The number of hydrogen-bond acceptors (Lipinski definition) is 3. The fourth-order valence-corrected chi connectivity index (χ4v) is 2.12. The lowest BCUT2D eigenvalue weighted by Gasteiger charge is -2.08. The van der Waals surface area contributed by atoms with Crippen LogP contribution in [-0.4, -0.2) is 10.9 Å². The van der Waals surface area contributed by atoms with Gasteiger partial charge < -0.3 is 11.1 Å². The van der Waals surface area contributed by atoms with Gasteiger partial charge >= 0.3 is 0 Å². The quantitative estimate of drug-likeness (QED) is 0.856. The maximum absolute atomic E-state index is 11.9. The number of benzene rings is 1. The van der Waals surface area contributed by atoms with Crippen molar-refractivity contribution in [2.45, 2.75) is 32.7 Å².